The van der Waals surface area contributed by atoms with Crippen molar-refractivity contribution in [1.29, 1.82) is 0 Å². The second-order valence-electron chi connectivity index (χ2n) is 6.34. The maximum absolute atomic E-state index is 14.2. The summed E-state index contributed by atoms with van der Waals surface area (Å²) in [6, 6.07) is 19.8. The van der Waals surface area contributed by atoms with E-state index >= 15 is 0 Å². The Hall–Kier alpha value is -3.27. The first-order valence-electron chi connectivity index (χ1n) is 8.40. The summed E-state index contributed by atoms with van der Waals surface area (Å²) in [5.41, 5.74) is 3.26. The second kappa shape index (κ2) is 6.23. The molecule has 0 saturated carbocycles. The summed E-state index contributed by atoms with van der Waals surface area (Å²) in [6.45, 7) is 3.67. The molecule has 0 aliphatic carbocycles. The van der Waals surface area contributed by atoms with Gasteiger partial charge >= 0.3 is 0 Å². The van der Waals surface area contributed by atoms with Crippen molar-refractivity contribution in [3.05, 3.63) is 94.0 Å². The molecule has 3 aromatic carbocycles. The zero-order valence-corrected chi connectivity index (χ0v) is 14.5. The molecule has 0 amide bonds. The van der Waals surface area contributed by atoms with E-state index in [0.29, 0.717) is 28.0 Å². The number of hydrogen-bond donors (Lipinski definition) is 0. The Kier molecular flexibility index (Phi) is 3.88. The van der Waals surface area contributed by atoms with E-state index in [0.717, 1.165) is 11.1 Å². The summed E-state index contributed by atoms with van der Waals surface area (Å²) in [6.07, 6.45) is 0. The molecule has 4 heteroatoms. The first kappa shape index (κ1) is 16.2. The van der Waals surface area contributed by atoms with E-state index in [9.17, 15) is 9.18 Å². The molecule has 0 aliphatic heterocycles. The molecule has 0 fully saturated rings. The highest BCUT2D eigenvalue weighted by molar-refractivity contribution is 5.81. The molecule has 128 valence electrons. The van der Waals surface area contributed by atoms with Gasteiger partial charge in [-0.05, 0) is 49.2 Å². The van der Waals surface area contributed by atoms with Gasteiger partial charge in [0.25, 0.3) is 5.56 Å². The van der Waals surface area contributed by atoms with Crippen LogP contribution in [-0.4, -0.2) is 9.55 Å². The zero-order valence-electron chi connectivity index (χ0n) is 14.5. The van der Waals surface area contributed by atoms with Gasteiger partial charge in [0.15, 0.2) is 0 Å². The van der Waals surface area contributed by atoms with Crippen LogP contribution < -0.4 is 5.56 Å². The van der Waals surface area contributed by atoms with Gasteiger partial charge in [0.1, 0.15) is 11.6 Å². The Morgan fingerprint density at radius 2 is 1.62 bits per heavy atom. The van der Waals surface area contributed by atoms with Gasteiger partial charge < -0.3 is 0 Å². The maximum Gasteiger partial charge on any atom is 0.266 e. The molecular weight excluding hydrogens is 327 g/mol. The molecule has 0 bridgehead atoms. The third kappa shape index (κ3) is 2.60. The van der Waals surface area contributed by atoms with Crippen LogP contribution in [0.2, 0.25) is 0 Å². The minimum absolute atomic E-state index is 0.211. The van der Waals surface area contributed by atoms with E-state index in [1.165, 1.54) is 10.6 Å². The first-order chi connectivity index (χ1) is 12.6. The lowest BCUT2D eigenvalue weighted by molar-refractivity contribution is 0.617. The lowest BCUT2D eigenvalue weighted by atomic mass is 10.1. The number of hydrogen-bond acceptors (Lipinski definition) is 2. The predicted octanol–water partition coefficient (Wildman–Crippen LogP) is 4.81. The van der Waals surface area contributed by atoms with Crippen molar-refractivity contribution in [1.82, 2.24) is 9.55 Å². The molecule has 0 radical (unpaired) electrons. The molecule has 1 aromatic heterocycles. The SMILES string of the molecule is Cc1ccc(-n2c(-c3ccccc3C)nc3ccccc3c2=O)cc1F. The first-order valence-corrected chi connectivity index (χ1v) is 8.40. The normalized spacial score (nSPS) is 11.0. The topological polar surface area (TPSA) is 34.9 Å². The Bertz CT molecular complexity index is 1190. The molecule has 4 rings (SSSR count). The highest BCUT2D eigenvalue weighted by Gasteiger charge is 2.16. The summed E-state index contributed by atoms with van der Waals surface area (Å²) < 4.78 is 15.7. The van der Waals surface area contributed by atoms with Gasteiger partial charge in [0, 0.05) is 5.56 Å². The number of nitrogens with zero attached hydrogens (tertiary/aromatic N) is 2. The Morgan fingerprint density at radius 3 is 2.38 bits per heavy atom. The highest BCUT2D eigenvalue weighted by atomic mass is 19.1. The highest BCUT2D eigenvalue weighted by Crippen LogP contribution is 2.25. The number of benzene rings is 3. The van der Waals surface area contributed by atoms with Gasteiger partial charge in [-0.1, -0.05) is 42.5 Å². The summed E-state index contributed by atoms with van der Waals surface area (Å²) in [5.74, 6) is 0.161. The summed E-state index contributed by atoms with van der Waals surface area (Å²) in [4.78, 5) is 18.0. The number of aromatic nitrogens is 2. The van der Waals surface area contributed by atoms with Crippen molar-refractivity contribution in [2.45, 2.75) is 13.8 Å². The van der Waals surface area contributed by atoms with Crippen molar-refractivity contribution >= 4 is 10.9 Å². The summed E-state index contributed by atoms with van der Waals surface area (Å²) in [5, 5.41) is 0.505. The molecule has 0 N–H and O–H groups in total. The molecule has 0 atom stereocenters. The van der Waals surface area contributed by atoms with Crippen LogP contribution in [0.5, 0.6) is 0 Å². The van der Waals surface area contributed by atoms with Crippen molar-refractivity contribution < 1.29 is 4.39 Å². The Labute approximate surface area is 150 Å². The minimum Gasteiger partial charge on any atom is -0.268 e. The average Bonchev–Trinajstić information content (AvgIpc) is 2.65. The molecule has 0 saturated heterocycles. The number of fused-ring (bicyclic) bond motifs is 1. The van der Waals surface area contributed by atoms with Crippen molar-refractivity contribution in [3.8, 4) is 17.1 Å². The van der Waals surface area contributed by atoms with E-state index in [4.69, 9.17) is 4.98 Å². The van der Waals surface area contributed by atoms with E-state index < -0.39 is 0 Å². The predicted molar refractivity (Wildman–Crippen MR) is 102 cm³/mol. The van der Waals surface area contributed by atoms with Gasteiger partial charge in [0.05, 0.1) is 16.6 Å². The molecule has 1 heterocycles. The van der Waals surface area contributed by atoms with E-state index in [2.05, 4.69) is 0 Å². The quantitative estimate of drug-likeness (QED) is 0.523. The number of halogens is 1. The molecule has 26 heavy (non-hydrogen) atoms. The fourth-order valence-electron chi connectivity index (χ4n) is 3.10. The van der Waals surface area contributed by atoms with Crippen LogP contribution in [0.25, 0.3) is 28.0 Å². The van der Waals surface area contributed by atoms with Crippen molar-refractivity contribution in [2.75, 3.05) is 0 Å². The number of para-hydroxylation sites is 1. The van der Waals surface area contributed by atoms with E-state index in [1.807, 2.05) is 43.3 Å². The van der Waals surface area contributed by atoms with Gasteiger partial charge in [-0.3, -0.25) is 9.36 Å². The molecule has 0 unspecified atom stereocenters. The molecule has 4 aromatic rings. The third-order valence-corrected chi connectivity index (χ3v) is 4.58. The number of rotatable bonds is 2. The second-order valence-corrected chi connectivity index (χ2v) is 6.34. The summed E-state index contributed by atoms with van der Waals surface area (Å²) in [7, 11) is 0. The van der Waals surface area contributed by atoms with Gasteiger partial charge in [0.2, 0.25) is 0 Å². The summed E-state index contributed by atoms with van der Waals surface area (Å²) >= 11 is 0. The molecule has 3 nitrogen and oxygen atoms in total. The van der Waals surface area contributed by atoms with E-state index in [-0.39, 0.29) is 11.4 Å². The standard InChI is InChI=1S/C22H17FN2O/c1-14-7-3-4-8-17(14)21-24-20-10-6-5-9-18(20)22(26)25(21)16-12-11-15(2)19(23)13-16/h3-13H,1-2H3. The van der Waals surface area contributed by atoms with Crippen LogP contribution in [0.1, 0.15) is 11.1 Å². The van der Waals surface area contributed by atoms with Gasteiger partial charge in [-0.15, -0.1) is 0 Å². The smallest absolute Gasteiger partial charge is 0.266 e. The zero-order chi connectivity index (χ0) is 18.3. The largest absolute Gasteiger partial charge is 0.268 e. The van der Waals surface area contributed by atoms with Crippen molar-refractivity contribution in [3.63, 3.8) is 0 Å². The molecule has 0 aliphatic rings. The average molecular weight is 344 g/mol. The van der Waals surface area contributed by atoms with Crippen LogP contribution in [-0.2, 0) is 0 Å². The molecular formula is C22H17FN2O. The van der Waals surface area contributed by atoms with E-state index in [1.54, 1.807) is 31.2 Å². The Balaban J connectivity index is 2.14. The third-order valence-electron chi connectivity index (χ3n) is 4.58. The van der Waals surface area contributed by atoms with Gasteiger partial charge in [-0.25, -0.2) is 9.37 Å². The van der Waals surface area contributed by atoms with Crippen LogP contribution in [0.15, 0.2) is 71.5 Å². The number of aryl methyl sites for hydroxylation is 2. The lowest BCUT2D eigenvalue weighted by Gasteiger charge is -2.15. The van der Waals surface area contributed by atoms with Crippen molar-refractivity contribution in [2.24, 2.45) is 0 Å². The monoisotopic (exact) mass is 344 g/mol. The van der Waals surface area contributed by atoms with Crippen LogP contribution in [0.4, 0.5) is 4.39 Å². The fraction of sp³-hybridized carbons (Fsp3) is 0.0909. The van der Waals surface area contributed by atoms with Crippen LogP contribution >= 0.6 is 0 Å². The molecule has 0 spiro atoms. The van der Waals surface area contributed by atoms with Crippen LogP contribution in [0.3, 0.4) is 0 Å². The fourth-order valence-corrected chi connectivity index (χ4v) is 3.10. The minimum atomic E-state index is -0.349. The maximum atomic E-state index is 14.2. The lowest BCUT2D eigenvalue weighted by Crippen LogP contribution is -2.22. The van der Waals surface area contributed by atoms with Crippen LogP contribution in [0, 0.1) is 19.7 Å². The van der Waals surface area contributed by atoms with Gasteiger partial charge in [-0.2, -0.15) is 0 Å². The Morgan fingerprint density at radius 1 is 0.885 bits per heavy atom.